The largest absolute Gasteiger partial charge is 0.434 e. The Balaban J connectivity index is 2.60. The number of imidazole rings is 1. The molecule has 6 heteroatoms. The van der Waals surface area contributed by atoms with Gasteiger partial charge in [0, 0.05) is 28.4 Å². The molecule has 0 N–H and O–H groups in total. The van der Waals surface area contributed by atoms with Gasteiger partial charge in [0.2, 0.25) is 0 Å². The number of rotatable bonds is 2. The minimum Gasteiger partial charge on any atom is -0.333 e. The number of nitrogens with zero attached hydrogens (tertiary/aromatic N) is 2. The van der Waals surface area contributed by atoms with Crippen molar-refractivity contribution in [3.05, 3.63) is 41.7 Å². The summed E-state index contributed by atoms with van der Waals surface area (Å²) in [6.07, 6.45) is -3.72. The highest BCUT2D eigenvalue weighted by atomic mass is 19.4. The molecule has 0 spiro atoms. The second kappa shape index (κ2) is 4.29. The predicted molar refractivity (Wildman–Crippen MR) is 59.0 cm³/mol. The summed E-state index contributed by atoms with van der Waals surface area (Å²) in [5.41, 5.74) is -0.790. The number of alkyl halides is 3. The first kappa shape index (κ1) is 8.91. The van der Waals surface area contributed by atoms with Gasteiger partial charge in [-0.1, -0.05) is 24.3 Å². The van der Waals surface area contributed by atoms with Crippen molar-refractivity contribution >= 4 is 6.29 Å². The Morgan fingerprint density at radius 2 is 2.00 bits per heavy atom. The van der Waals surface area contributed by atoms with Gasteiger partial charge >= 0.3 is 6.18 Å². The van der Waals surface area contributed by atoms with E-state index in [2.05, 4.69) is 4.98 Å². The predicted octanol–water partition coefficient (Wildman–Crippen LogP) is 2.92. The van der Waals surface area contributed by atoms with Crippen LogP contribution >= 0.6 is 0 Å². The van der Waals surface area contributed by atoms with Crippen LogP contribution in [0.15, 0.2) is 30.5 Å². The molecular formula is C12H9F3N2O. The monoisotopic (exact) mass is 257 g/mol. The summed E-state index contributed by atoms with van der Waals surface area (Å²) < 4.78 is 60.5. The van der Waals surface area contributed by atoms with E-state index in [1.165, 1.54) is 24.3 Å². The minimum absolute atomic E-state index is 0.173. The summed E-state index contributed by atoms with van der Waals surface area (Å²) in [6, 6.07) is 5.42. The smallest absolute Gasteiger partial charge is 0.333 e. The summed E-state index contributed by atoms with van der Waals surface area (Å²) in [7, 11) is 0. The lowest BCUT2D eigenvalue weighted by Crippen LogP contribution is -2.04. The van der Waals surface area contributed by atoms with E-state index in [0.29, 0.717) is 22.6 Å². The Kier molecular flexibility index (Phi) is 2.12. The average molecular weight is 257 g/mol. The van der Waals surface area contributed by atoms with Crippen LogP contribution in [0.3, 0.4) is 0 Å². The van der Waals surface area contributed by atoms with Gasteiger partial charge in [0.15, 0.2) is 5.69 Å². The fraction of sp³-hybridized carbons (Fsp3) is 0.167. The summed E-state index contributed by atoms with van der Waals surface area (Å²) in [4.78, 5) is 13.9. The Labute approximate surface area is 105 Å². The van der Waals surface area contributed by atoms with E-state index >= 15 is 0 Å². The van der Waals surface area contributed by atoms with Crippen LogP contribution in [0.5, 0.6) is 0 Å². The maximum absolute atomic E-state index is 12.7. The first-order chi connectivity index (χ1) is 9.63. The van der Waals surface area contributed by atoms with Crippen molar-refractivity contribution < 1.29 is 22.1 Å². The lowest BCUT2D eigenvalue weighted by Gasteiger charge is -2.01. The Morgan fingerprint density at radius 1 is 1.33 bits per heavy atom. The number of carbonyl (C=O) groups is 1. The van der Waals surface area contributed by atoms with E-state index in [-0.39, 0.29) is 11.4 Å². The van der Waals surface area contributed by atoms with Gasteiger partial charge in [-0.2, -0.15) is 13.2 Å². The van der Waals surface area contributed by atoms with Crippen molar-refractivity contribution in [3.8, 4) is 11.4 Å². The number of halogens is 3. The Morgan fingerprint density at radius 3 is 2.50 bits per heavy atom. The van der Waals surface area contributed by atoms with Crippen molar-refractivity contribution in [2.24, 2.45) is 6.98 Å². The zero-order valence-electron chi connectivity index (χ0n) is 11.9. The second-order valence-corrected chi connectivity index (χ2v) is 3.56. The van der Waals surface area contributed by atoms with Crippen LogP contribution in [0, 0.1) is 0 Å². The molecule has 2 aromatic rings. The first-order valence-electron chi connectivity index (χ1n) is 6.35. The third kappa shape index (κ3) is 2.27. The van der Waals surface area contributed by atoms with Crippen LogP contribution in [-0.2, 0) is 13.2 Å². The molecule has 1 aromatic heterocycles. The van der Waals surface area contributed by atoms with Crippen molar-refractivity contribution in [1.29, 1.82) is 0 Å². The standard InChI is InChI=1S/C12H9F3N2O/c1-17-6-10(12(13,14)15)16-11(17)9-4-2-8(7-18)3-5-9/h2-7H,1H3/i1D3. The van der Waals surface area contributed by atoms with E-state index in [9.17, 15) is 18.0 Å². The third-order valence-electron chi connectivity index (χ3n) is 2.30. The van der Waals surface area contributed by atoms with Gasteiger partial charge in [0.1, 0.15) is 12.1 Å². The fourth-order valence-electron chi connectivity index (χ4n) is 1.43. The van der Waals surface area contributed by atoms with Gasteiger partial charge in [0.05, 0.1) is 0 Å². The van der Waals surface area contributed by atoms with Crippen molar-refractivity contribution in [3.63, 3.8) is 0 Å². The number of hydrogen-bond acceptors (Lipinski definition) is 2. The topological polar surface area (TPSA) is 34.9 Å². The molecule has 0 bridgehead atoms. The molecule has 0 unspecified atom stereocenters. The van der Waals surface area contributed by atoms with Crippen molar-refractivity contribution in [2.75, 3.05) is 0 Å². The summed E-state index contributed by atoms with van der Waals surface area (Å²) >= 11 is 0. The molecule has 0 aliphatic heterocycles. The molecule has 0 aliphatic carbocycles. The SMILES string of the molecule is [2H]C([2H])([2H])n1cc(C(F)(F)F)nc1-c1ccc(C=O)cc1. The quantitative estimate of drug-likeness (QED) is 0.775. The Bertz CT molecular complexity index is 660. The van der Waals surface area contributed by atoms with E-state index < -0.39 is 18.8 Å². The second-order valence-electron chi connectivity index (χ2n) is 3.56. The lowest BCUT2D eigenvalue weighted by atomic mass is 10.1. The van der Waals surface area contributed by atoms with Crippen LogP contribution in [0.4, 0.5) is 13.2 Å². The number of aldehydes is 1. The van der Waals surface area contributed by atoms with Crippen molar-refractivity contribution in [2.45, 2.75) is 6.18 Å². The van der Waals surface area contributed by atoms with Crippen LogP contribution in [-0.4, -0.2) is 15.8 Å². The van der Waals surface area contributed by atoms with E-state index in [4.69, 9.17) is 4.11 Å². The van der Waals surface area contributed by atoms with Gasteiger partial charge in [-0.3, -0.25) is 4.79 Å². The molecule has 0 saturated carbocycles. The van der Waals surface area contributed by atoms with Crippen LogP contribution < -0.4 is 0 Å². The number of carbonyl (C=O) groups excluding carboxylic acids is 1. The van der Waals surface area contributed by atoms with Crippen LogP contribution in [0.1, 0.15) is 20.2 Å². The Hall–Kier alpha value is -2.11. The molecule has 3 nitrogen and oxygen atoms in total. The molecule has 94 valence electrons. The molecular weight excluding hydrogens is 245 g/mol. The number of benzene rings is 1. The van der Waals surface area contributed by atoms with E-state index in [0.717, 1.165) is 0 Å². The summed E-state index contributed by atoms with van der Waals surface area (Å²) in [5.74, 6) is -0.334. The fourth-order valence-corrected chi connectivity index (χ4v) is 1.43. The summed E-state index contributed by atoms with van der Waals surface area (Å²) in [6.45, 7) is -2.80. The number of aromatic nitrogens is 2. The molecule has 0 saturated heterocycles. The molecule has 2 rings (SSSR count). The van der Waals surface area contributed by atoms with Crippen LogP contribution in [0.25, 0.3) is 11.4 Å². The maximum atomic E-state index is 12.7. The van der Waals surface area contributed by atoms with Gasteiger partial charge in [0.25, 0.3) is 0 Å². The number of hydrogen-bond donors (Lipinski definition) is 0. The maximum Gasteiger partial charge on any atom is 0.434 e. The first-order valence-corrected chi connectivity index (χ1v) is 4.85. The normalized spacial score (nSPS) is 14.7. The van der Waals surface area contributed by atoms with E-state index in [1.807, 2.05) is 0 Å². The minimum atomic E-state index is -4.74. The molecule has 0 radical (unpaired) electrons. The van der Waals surface area contributed by atoms with Gasteiger partial charge in [-0.15, -0.1) is 0 Å². The molecule has 1 aromatic carbocycles. The zero-order chi connectivity index (χ0) is 15.8. The highest BCUT2D eigenvalue weighted by Crippen LogP contribution is 2.30. The molecule has 0 amide bonds. The molecule has 0 fully saturated rings. The average Bonchev–Trinajstić information content (AvgIpc) is 2.83. The summed E-state index contributed by atoms with van der Waals surface area (Å²) in [5, 5.41) is 0. The van der Waals surface area contributed by atoms with Gasteiger partial charge in [-0.25, -0.2) is 4.98 Å². The third-order valence-corrected chi connectivity index (χ3v) is 2.30. The number of aryl methyl sites for hydroxylation is 1. The van der Waals surface area contributed by atoms with Gasteiger partial charge in [-0.05, 0) is 0 Å². The molecule has 1 heterocycles. The van der Waals surface area contributed by atoms with Gasteiger partial charge < -0.3 is 4.57 Å². The van der Waals surface area contributed by atoms with Crippen molar-refractivity contribution in [1.82, 2.24) is 9.55 Å². The van der Waals surface area contributed by atoms with Crippen LogP contribution in [0.2, 0.25) is 0 Å². The molecule has 18 heavy (non-hydrogen) atoms. The molecule has 0 atom stereocenters. The highest BCUT2D eigenvalue weighted by Gasteiger charge is 2.34. The highest BCUT2D eigenvalue weighted by molar-refractivity contribution is 5.76. The van der Waals surface area contributed by atoms with E-state index in [1.54, 1.807) is 0 Å². The zero-order valence-corrected chi connectivity index (χ0v) is 8.90. The molecule has 0 aliphatic rings. The lowest BCUT2D eigenvalue weighted by molar-refractivity contribution is -0.140.